The molecular weight excluding hydrogens is 218 g/mol. The third-order valence-corrected chi connectivity index (χ3v) is 2.77. The van der Waals surface area contributed by atoms with Crippen LogP contribution in [0.5, 0.6) is 5.75 Å². The van der Waals surface area contributed by atoms with Gasteiger partial charge in [0.05, 0.1) is 6.61 Å². The number of aliphatic hydroxyl groups is 1. The van der Waals surface area contributed by atoms with Gasteiger partial charge in [-0.25, -0.2) is 0 Å². The second-order valence-corrected chi connectivity index (χ2v) is 4.14. The summed E-state index contributed by atoms with van der Waals surface area (Å²) < 4.78 is 4.99. The van der Waals surface area contributed by atoms with Crippen LogP contribution in [0.15, 0.2) is 24.3 Å². The number of nitrogens with one attached hydrogen (secondary N) is 1. The van der Waals surface area contributed by atoms with Crippen LogP contribution in [-0.4, -0.2) is 36.6 Å². The molecule has 3 N–H and O–H groups in total. The standard InChI is InChI=1S/C13H21NO3/c1-10(11-3-5-13(16)6-4-11)14-12(9-15)7-8-17-2/h3-6,10,12,14-16H,7-9H2,1-2H3. The van der Waals surface area contributed by atoms with Crippen molar-refractivity contribution in [1.29, 1.82) is 0 Å². The van der Waals surface area contributed by atoms with Crippen molar-refractivity contribution in [2.24, 2.45) is 0 Å². The number of aliphatic hydroxyl groups excluding tert-OH is 1. The Morgan fingerprint density at radius 1 is 1.29 bits per heavy atom. The minimum Gasteiger partial charge on any atom is -0.508 e. The number of hydrogen-bond acceptors (Lipinski definition) is 4. The quantitative estimate of drug-likeness (QED) is 0.674. The van der Waals surface area contributed by atoms with Crippen molar-refractivity contribution in [1.82, 2.24) is 5.32 Å². The molecule has 1 aromatic carbocycles. The van der Waals surface area contributed by atoms with E-state index in [0.29, 0.717) is 6.61 Å². The summed E-state index contributed by atoms with van der Waals surface area (Å²) in [5, 5.41) is 21.8. The fourth-order valence-corrected chi connectivity index (χ4v) is 1.70. The van der Waals surface area contributed by atoms with E-state index in [2.05, 4.69) is 5.32 Å². The maximum absolute atomic E-state index is 9.23. The van der Waals surface area contributed by atoms with E-state index >= 15 is 0 Å². The van der Waals surface area contributed by atoms with Crippen molar-refractivity contribution in [3.63, 3.8) is 0 Å². The van der Waals surface area contributed by atoms with Gasteiger partial charge in [0.15, 0.2) is 0 Å². The van der Waals surface area contributed by atoms with E-state index in [1.807, 2.05) is 19.1 Å². The largest absolute Gasteiger partial charge is 0.508 e. The van der Waals surface area contributed by atoms with Gasteiger partial charge in [0.25, 0.3) is 0 Å². The van der Waals surface area contributed by atoms with Crippen LogP contribution in [0.1, 0.15) is 24.9 Å². The van der Waals surface area contributed by atoms with Crippen LogP contribution in [0.3, 0.4) is 0 Å². The first kappa shape index (κ1) is 14.0. The number of phenolic OH excluding ortho intramolecular Hbond substituents is 1. The van der Waals surface area contributed by atoms with E-state index in [4.69, 9.17) is 4.74 Å². The van der Waals surface area contributed by atoms with E-state index < -0.39 is 0 Å². The molecule has 0 saturated heterocycles. The SMILES string of the molecule is COCCC(CO)NC(C)c1ccc(O)cc1. The Morgan fingerprint density at radius 2 is 1.94 bits per heavy atom. The Balaban J connectivity index is 2.51. The zero-order valence-corrected chi connectivity index (χ0v) is 10.4. The van der Waals surface area contributed by atoms with E-state index in [0.717, 1.165) is 12.0 Å². The number of aromatic hydroxyl groups is 1. The van der Waals surface area contributed by atoms with Crippen LogP contribution in [0.25, 0.3) is 0 Å². The van der Waals surface area contributed by atoms with Crippen molar-refractivity contribution in [3.05, 3.63) is 29.8 Å². The predicted molar refractivity (Wildman–Crippen MR) is 67.0 cm³/mol. The van der Waals surface area contributed by atoms with Crippen molar-refractivity contribution < 1.29 is 14.9 Å². The number of methoxy groups -OCH3 is 1. The van der Waals surface area contributed by atoms with Gasteiger partial charge >= 0.3 is 0 Å². The highest BCUT2D eigenvalue weighted by Crippen LogP contribution is 2.17. The summed E-state index contributed by atoms with van der Waals surface area (Å²) in [5.41, 5.74) is 1.08. The van der Waals surface area contributed by atoms with E-state index in [1.165, 1.54) is 0 Å². The number of phenols is 1. The lowest BCUT2D eigenvalue weighted by Gasteiger charge is -2.21. The average Bonchev–Trinajstić information content (AvgIpc) is 2.35. The summed E-state index contributed by atoms with van der Waals surface area (Å²) in [4.78, 5) is 0. The first-order chi connectivity index (χ1) is 8.17. The molecule has 0 amide bonds. The smallest absolute Gasteiger partial charge is 0.115 e. The monoisotopic (exact) mass is 239 g/mol. The molecule has 0 saturated carbocycles. The van der Waals surface area contributed by atoms with E-state index in [9.17, 15) is 10.2 Å². The molecule has 2 unspecified atom stereocenters. The highest BCUT2D eigenvalue weighted by molar-refractivity contribution is 5.27. The zero-order valence-electron chi connectivity index (χ0n) is 10.4. The van der Waals surface area contributed by atoms with Crippen LogP contribution >= 0.6 is 0 Å². The molecule has 96 valence electrons. The van der Waals surface area contributed by atoms with Gasteiger partial charge in [0.1, 0.15) is 5.75 Å². The average molecular weight is 239 g/mol. The lowest BCUT2D eigenvalue weighted by atomic mass is 10.1. The molecule has 0 aliphatic rings. The van der Waals surface area contributed by atoms with E-state index in [-0.39, 0.29) is 24.4 Å². The lowest BCUT2D eigenvalue weighted by molar-refractivity contribution is 0.156. The first-order valence-corrected chi connectivity index (χ1v) is 5.82. The van der Waals surface area contributed by atoms with Gasteiger partial charge in [0.2, 0.25) is 0 Å². The van der Waals surface area contributed by atoms with Crippen LogP contribution < -0.4 is 5.32 Å². The molecule has 2 atom stereocenters. The van der Waals surface area contributed by atoms with Gasteiger partial charge in [-0.15, -0.1) is 0 Å². The lowest BCUT2D eigenvalue weighted by Crippen LogP contribution is -2.35. The fourth-order valence-electron chi connectivity index (χ4n) is 1.70. The van der Waals surface area contributed by atoms with Gasteiger partial charge in [-0.1, -0.05) is 12.1 Å². The van der Waals surface area contributed by atoms with Crippen molar-refractivity contribution in [2.45, 2.75) is 25.4 Å². The number of benzene rings is 1. The second kappa shape index (κ2) is 7.27. The van der Waals surface area contributed by atoms with Gasteiger partial charge in [-0.05, 0) is 31.0 Å². The minimum atomic E-state index is 0.0266. The normalized spacial score (nSPS) is 14.5. The van der Waals surface area contributed by atoms with Crippen LogP contribution in [-0.2, 0) is 4.74 Å². The Hall–Kier alpha value is -1.10. The molecule has 1 aromatic rings. The van der Waals surface area contributed by atoms with Gasteiger partial charge < -0.3 is 20.3 Å². The Morgan fingerprint density at radius 3 is 2.47 bits per heavy atom. The fraction of sp³-hybridized carbons (Fsp3) is 0.538. The van der Waals surface area contributed by atoms with Crippen LogP contribution in [0.4, 0.5) is 0 Å². The maximum atomic E-state index is 9.23. The number of ether oxygens (including phenoxy) is 1. The van der Waals surface area contributed by atoms with Gasteiger partial charge in [-0.3, -0.25) is 0 Å². The summed E-state index contributed by atoms with van der Waals surface area (Å²) in [7, 11) is 1.65. The molecular formula is C13H21NO3. The molecule has 0 aliphatic carbocycles. The molecule has 0 heterocycles. The number of hydrogen-bond donors (Lipinski definition) is 3. The highest BCUT2D eigenvalue weighted by Gasteiger charge is 2.12. The molecule has 0 fully saturated rings. The molecule has 4 nitrogen and oxygen atoms in total. The van der Waals surface area contributed by atoms with Crippen LogP contribution in [0, 0.1) is 0 Å². The highest BCUT2D eigenvalue weighted by atomic mass is 16.5. The Kier molecular flexibility index (Phi) is 5.97. The molecule has 17 heavy (non-hydrogen) atoms. The molecule has 0 spiro atoms. The topological polar surface area (TPSA) is 61.7 Å². The second-order valence-electron chi connectivity index (χ2n) is 4.14. The molecule has 0 radical (unpaired) electrons. The molecule has 4 heteroatoms. The summed E-state index contributed by atoms with van der Waals surface area (Å²) in [5.74, 6) is 0.263. The van der Waals surface area contributed by atoms with Crippen LogP contribution in [0.2, 0.25) is 0 Å². The summed E-state index contributed by atoms with van der Waals surface area (Å²) in [6.07, 6.45) is 0.773. The van der Waals surface area contributed by atoms with Crippen molar-refractivity contribution in [2.75, 3.05) is 20.3 Å². The minimum absolute atomic E-state index is 0.0266. The van der Waals surface area contributed by atoms with Gasteiger partial charge in [0, 0.05) is 25.8 Å². The third kappa shape index (κ3) is 4.73. The van der Waals surface area contributed by atoms with Crippen molar-refractivity contribution in [3.8, 4) is 5.75 Å². The first-order valence-electron chi connectivity index (χ1n) is 5.82. The Labute approximate surface area is 102 Å². The zero-order chi connectivity index (χ0) is 12.7. The molecule has 0 aliphatic heterocycles. The molecule has 0 aromatic heterocycles. The maximum Gasteiger partial charge on any atom is 0.115 e. The Bertz CT molecular complexity index is 313. The summed E-state index contributed by atoms with van der Waals surface area (Å²) >= 11 is 0. The predicted octanol–water partition coefficient (Wildman–Crippen LogP) is 1.44. The van der Waals surface area contributed by atoms with Gasteiger partial charge in [-0.2, -0.15) is 0 Å². The summed E-state index contributed by atoms with van der Waals surface area (Å²) in [6.45, 7) is 2.74. The molecule has 0 bridgehead atoms. The van der Waals surface area contributed by atoms with Crippen molar-refractivity contribution >= 4 is 0 Å². The van der Waals surface area contributed by atoms with E-state index in [1.54, 1.807) is 19.2 Å². The number of rotatable bonds is 7. The third-order valence-electron chi connectivity index (χ3n) is 2.77. The molecule has 1 rings (SSSR count). The summed E-state index contributed by atoms with van der Waals surface area (Å²) in [6, 6.07) is 7.23.